The number of nitrogens with zero attached hydrogens (tertiary/aromatic N) is 2. The van der Waals surface area contributed by atoms with Gasteiger partial charge in [0.1, 0.15) is 5.69 Å². The highest BCUT2D eigenvalue weighted by atomic mass is 79.9. The highest BCUT2D eigenvalue weighted by molar-refractivity contribution is 9.10. The van der Waals surface area contributed by atoms with E-state index in [1.165, 1.54) is 6.20 Å². The zero-order chi connectivity index (χ0) is 26.3. The summed E-state index contributed by atoms with van der Waals surface area (Å²) in [6.45, 7) is 0. The zero-order valence-corrected chi connectivity index (χ0v) is 23.9. The molecule has 0 spiro atoms. The van der Waals surface area contributed by atoms with Crippen molar-refractivity contribution < 1.29 is 14.3 Å². The Morgan fingerprint density at radius 2 is 1.27 bits per heavy atom. The average Bonchev–Trinajstić information content (AvgIpc) is 3.07. The third kappa shape index (κ3) is 5.36. The minimum atomic E-state index is -0.235. The Morgan fingerprint density at radius 1 is 0.730 bits per heavy atom. The summed E-state index contributed by atoms with van der Waals surface area (Å²) in [4.78, 5) is 29.2. The summed E-state index contributed by atoms with van der Waals surface area (Å²) < 4.78 is 2.22. The number of fused-ring (bicyclic) bond motifs is 4. The molecule has 0 saturated carbocycles. The number of ketones is 2. The summed E-state index contributed by atoms with van der Waals surface area (Å²) in [7, 11) is 0. The van der Waals surface area contributed by atoms with Gasteiger partial charge in [0.05, 0.1) is 4.47 Å². The molecule has 0 unspecified atom stereocenters. The van der Waals surface area contributed by atoms with Crippen LogP contribution in [0.3, 0.4) is 0 Å². The summed E-state index contributed by atoms with van der Waals surface area (Å²) >= 11 is 18.6. The number of carbonyl (C=O) groups is 2. The second-order valence-corrected chi connectivity index (χ2v) is 11.5. The Bertz CT molecular complexity index is 1530. The minimum Gasteiger partial charge on any atom is -0.618 e. The number of aromatic nitrogens is 2. The van der Waals surface area contributed by atoms with Crippen LogP contribution in [-0.2, 0) is 25.7 Å². The van der Waals surface area contributed by atoms with E-state index in [0.29, 0.717) is 48.9 Å². The van der Waals surface area contributed by atoms with Gasteiger partial charge in [0.2, 0.25) is 5.78 Å². The van der Waals surface area contributed by atoms with Crippen molar-refractivity contribution >= 4 is 66.6 Å². The third-order valence-corrected chi connectivity index (χ3v) is 7.73. The molecule has 9 heteroatoms. The van der Waals surface area contributed by atoms with E-state index >= 15 is 0 Å². The summed E-state index contributed by atoms with van der Waals surface area (Å²) in [6.07, 6.45) is 5.99. The molecule has 4 aromatic rings. The second-order valence-electron chi connectivity index (χ2n) is 8.78. The van der Waals surface area contributed by atoms with Crippen LogP contribution in [0.15, 0.2) is 69.9 Å². The Balaban J connectivity index is 0.000000152. The number of hydrogen-bond donors (Lipinski definition) is 0. The second kappa shape index (κ2) is 10.7. The highest BCUT2D eigenvalue weighted by Crippen LogP contribution is 2.28. The van der Waals surface area contributed by atoms with Crippen molar-refractivity contribution in [2.45, 2.75) is 25.7 Å². The Hall–Kier alpha value is -2.58. The lowest BCUT2D eigenvalue weighted by molar-refractivity contribution is -0.608. The topological polar surface area (TPSA) is 74.0 Å². The maximum Gasteiger partial charge on any atom is 0.268 e. The molecule has 0 amide bonds. The molecule has 0 aliphatic heterocycles. The number of aryl methyl sites for hydroxylation is 4. The molecule has 0 radical (unpaired) electrons. The van der Waals surface area contributed by atoms with Gasteiger partial charge in [-0.05, 0) is 123 Å². The number of rotatable bonds is 0. The smallest absolute Gasteiger partial charge is 0.268 e. The van der Waals surface area contributed by atoms with Crippen molar-refractivity contribution in [2.75, 3.05) is 0 Å². The Morgan fingerprint density at radius 3 is 1.92 bits per heavy atom. The third-order valence-electron chi connectivity index (χ3n) is 6.39. The lowest BCUT2D eigenvalue weighted by Crippen LogP contribution is -2.36. The van der Waals surface area contributed by atoms with Gasteiger partial charge in [0, 0.05) is 37.4 Å². The first kappa shape index (κ1) is 26.0. The maximum atomic E-state index is 12.5. The van der Waals surface area contributed by atoms with Crippen molar-refractivity contribution in [2.24, 2.45) is 0 Å². The van der Waals surface area contributed by atoms with E-state index < -0.39 is 0 Å². The molecule has 5 nitrogen and oxygen atoms in total. The van der Waals surface area contributed by atoms with E-state index in [9.17, 15) is 14.8 Å². The van der Waals surface area contributed by atoms with E-state index in [1.807, 2.05) is 18.2 Å². The van der Waals surface area contributed by atoms with Crippen molar-refractivity contribution in [3.8, 4) is 0 Å². The van der Waals surface area contributed by atoms with Crippen molar-refractivity contribution in [1.29, 1.82) is 0 Å². The fraction of sp³-hybridized carbons (Fsp3) is 0.143. The van der Waals surface area contributed by atoms with Gasteiger partial charge >= 0.3 is 0 Å². The standard InChI is InChI=1S/C14H9BrClNO2.C14H9BrClNO/c15-10-5-9-2-1-8-6-11(16)3-4-12(8)14(18)13(9)17(19)7-10;15-10-5-9-2-1-8-6-11(16)3-4-12(8)14(18)13(9)17-7-10/h3-7H,1-2H2;3-7H,1-2H2. The molecule has 186 valence electrons. The van der Waals surface area contributed by atoms with E-state index in [0.717, 1.165) is 39.6 Å². The van der Waals surface area contributed by atoms with Crippen LogP contribution < -0.4 is 4.73 Å². The van der Waals surface area contributed by atoms with Crippen LogP contribution in [0.5, 0.6) is 0 Å². The fourth-order valence-corrected chi connectivity index (χ4v) is 5.91. The molecule has 0 bridgehead atoms. The van der Waals surface area contributed by atoms with Crippen molar-refractivity contribution in [3.63, 3.8) is 0 Å². The van der Waals surface area contributed by atoms with Gasteiger partial charge in [-0.15, -0.1) is 0 Å². The molecule has 0 saturated heterocycles. The van der Waals surface area contributed by atoms with Gasteiger partial charge in [-0.2, -0.15) is 4.73 Å². The first-order chi connectivity index (χ1) is 17.7. The van der Waals surface area contributed by atoms with Crippen LogP contribution in [0, 0.1) is 5.21 Å². The van der Waals surface area contributed by atoms with Crippen molar-refractivity contribution in [3.05, 3.63) is 130 Å². The molecule has 37 heavy (non-hydrogen) atoms. The molecule has 2 heterocycles. The van der Waals surface area contributed by atoms with Gasteiger partial charge in [-0.3, -0.25) is 14.6 Å². The number of carbonyl (C=O) groups excluding carboxylic acids is 2. The van der Waals surface area contributed by atoms with E-state index in [2.05, 4.69) is 36.8 Å². The maximum absolute atomic E-state index is 12.5. The predicted molar refractivity (Wildman–Crippen MR) is 150 cm³/mol. The van der Waals surface area contributed by atoms with Crippen molar-refractivity contribution in [1.82, 2.24) is 4.98 Å². The van der Waals surface area contributed by atoms with Crippen LogP contribution in [0.2, 0.25) is 10.0 Å². The molecule has 2 aromatic carbocycles. The van der Waals surface area contributed by atoms with Gasteiger partial charge in [-0.25, -0.2) is 0 Å². The number of benzene rings is 2. The van der Waals surface area contributed by atoms with Gasteiger partial charge in [0.25, 0.3) is 11.5 Å². The van der Waals surface area contributed by atoms with E-state index in [4.69, 9.17) is 23.2 Å². The molecule has 6 rings (SSSR count). The molecule has 0 fully saturated rings. The van der Waals surface area contributed by atoms with Gasteiger partial charge in [-0.1, -0.05) is 23.2 Å². The Labute approximate surface area is 240 Å². The zero-order valence-electron chi connectivity index (χ0n) is 19.2. The SMILES string of the molecule is O=C1c2ccc(Cl)cc2CCc2cc(Br)c[n+]([O-])c21.O=C1c2ccc(Cl)cc2CCc2cc(Br)cnc21. The molecule has 2 aliphatic carbocycles. The average molecular weight is 661 g/mol. The molecule has 2 aliphatic rings. The van der Waals surface area contributed by atoms with Crippen LogP contribution in [-0.4, -0.2) is 16.6 Å². The first-order valence-corrected chi connectivity index (χ1v) is 13.8. The van der Waals surface area contributed by atoms with Crippen LogP contribution in [0.4, 0.5) is 0 Å². The highest BCUT2D eigenvalue weighted by Gasteiger charge is 2.29. The summed E-state index contributed by atoms with van der Waals surface area (Å²) in [5.74, 6) is -0.247. The summed E-state index contributed by atoms with van der Waals surface area (Å²) in [6, 6.07) is 14.4. The normalized spacial score (nSPS) is 13.7. The van der Waals surface area contributed by atoms with Gasteiger partial charge in [0.15, 0.2) is 6.20 Å². The summed E-state index contributed by atoms with van der Waals surface area (Å²) in [5, 5.41) is 13.2. The Kier molecular flexibility index (Phi) is 7.50. The monoisotopic (exact) mass is 658 g/mol. The number of halogens is 4. The first-order valence-electron chi connectivity index (χ1n) is 11.4. The van der Waals surface area contributed by atoms with Crippen LogP contribution in [0.1, 0.15) is 54.4 Å². The predicted octanol–water partition coefficient (Wildman–Crippen LogP) is 6.89. The lowest BCUT2D eigenvalue weighted by Gasteiger charge is -2.07. The van der Waals surface area contributed by atoms with E-state index in [-0.39, 0.29) is 17.3 Å². The molecule has 0 atom stereocenters. The molecule has 2 aromatic heterocycles. The molecular formula is C28H18Br2Cl2N2O3. The molecular weight excluding hydrogens is 643 g/mol. The number of pyridine rings is 2. The largest absolute Gasteiger partial charge is 0.618 e. The van der Waals surface area contributed by atoms with Crippen LogP contribution >= 0.6 is 55.1 Å². The fourth-order valence-electron chi connectivity index (χ4n) is 4.68. The lowest BCUT2D eigenvalue weighted by atomic mass is 10.0. The minimum absolute atomic E-state index is 0.0123. The number of hydrogen-bond acceptors (Lipinski definition) is 4. The summed E-state index contributed by atoms with van der Waals surface area (Å²) in [5.41, 5.74) is 5.70. The molecule has 0 N–H and O–H groups in total. The van der Waals surface area contributed by atoms with Crippen LogP contribution in [0.25, 0.3) is 0 Å². The van der Waals surface area contributed by atoms with Gasteiger partial charge < -0.3 is 5.21 Å². The quantitative estimate of drug-likeness (QED) is 0.152. The van der Waals surface area contributed by atoms with E-state index in [1.54, 1.807) is 36.5 Å².